The van der Waals surface area contributed by atoms with Crippen LogP contribution in [0.2, 0.25) is 0 Å². The Morgan fingerprint density at radius 2 is 1.89 bits per heavy atom. The molecular weight excluding hydrogens is 220 g/mol. The van der Waals surface area contributed by atoms with Crippen LogP contribution in [0.15, 0.2) is 24.3 Å². The van der Waals surface area contributed by atoms with Crippen LogP contribution >= 0.6 is 0 Å². The van der Waals surface area contributed by atoms with Crippen molar-refractivity contribution in [3.8, 4) is 0 Å². The Morgan fingerprint density at radius 3 is 2.56 bits per heavy atom. The molecule has 3 unspecified atom stereocenters. The molecule has 0 bridgehead atoms. The standard InChI is InChI=1S/C16H24N2/c1-12-3-2-10-18(12)16-9-6-14(11-16)13-4-7-15(17)8-5-13/h4-5,7-8,12,14,16H,2-3,6,9-11,17H2,1H3. The molecule has 1 saturated heterocycles. The third-order valence-corrected chi connectivity index (χ3v) is 4.89. The summed E-state index contributed by atoms with van der Waals surface area (Å²) in [6, 6.07) is 10.2. The Bertz CT molecular complexity index is 398. The highest BCUT2D eigenvalue weighted by Gasteiger charge is 2.34. The van der Waals surface area contributed by atoms with Gasteiger partial charge in [-0.1, -0.05) is 12.1 Å². The molecule has 2 N–H and O–H groups in total. The predicted octanol–water partition coefficient (Wildman–Crippen LogP) is 3.39. The third kappa shape index (κ3) is 2.26. The van der Waals surface area contributed by atoms with Gasteiger partial charge in [0.25, 0.3) is 0 Å². The first kappa shape index (κ1) is 12.0. The van der Waals surface area contributed by atoms with Gasteiger partial charge >= 0.3 is 0 Å². The monoisotopic (exact) mass is 244 g/mol. The van der Waals surface area contributed by atoms with Gasteiger partial charge in [0.05, 0.1) is 0 Å². The van der Waals surface area contributed by atoms with Crippen LogP contribution < -0.4 is 5.73 Å². The minimum atomic E-state index is 0.753. The summed E-state index contributed by atoms with van der Waals surface area (Å²) in [5, 5.41) is 0. The van der Waals surface area contributed by atoms with Gasteiger partial charge in [-0.05, 0) is 69.2 Å². The molecule has 0 aromatic heterocycles. The fourth-order valence-corrected chi connectivity index (χ4v) is 3.83. The lowest BCUT2D eigenvalue weighted by Gasteiger charge is -2.28. The summed E-state index contributed by atoms with van der Waals surface area (Å²) in [6.07, 6.45) is 6.85. The summed E-state index contributed by atoms with van der Waals surface area (Å²) in [7, 11) is 0. The molecule has 2 heteroatoms. The second kappa shape index (κ2) is 4.93. The molecule has 1 aromatic carbocycles. The number of likely N-dealkylation sites (tertiary alicyclic amines) is 1. The van der Waals surface area contributed by atoms with Crippen LogP contribution in [0.1, 0.15) is 50.5 Å². The molecule has 2 aliphatic rings. The Morgan fingerprint density at radius 1 is 1.11 bits per heavy atom. The number of anilines is 1. The summed E-state index contributed by atoms with van der Waals surface area (Å²) in [5.41, 5.74) is 8.12. The molecule has 3 atom stereocenters. The largest absolute Gasteiger partial charge is 0.399 e. The molecule has 0 spiro atoms. The lowest BCUT2D eigenvalue weighted by molar-refractivity contribution is 0.191. The lowest BCUT2D eigenvalue weighted by Crippen LogP contribution is -2.35. The van der Waals surface area contributed by atoms with Gasteiger partial charge in [0.15, 0.2) is 0 Å². The van der Waals surface area contributed by atoms with Gasteiger partial charge in [0, 0.05) is 17.8 Å². The second-order valence-electron chi connectivity index (χ2n) is 6.06. The highest BCUT2D eigenvalue weighted by Crippen LogP contribution is 2.39. The van der Waals surface area contributed by atoms with E-state index >= 15 is 0 Å². The molecular formula is C16H24N2. The molecule has 0 radical (unpaired) electrons. The van der Waals surface area contributed by atoms with E-state index in [0.29, 0.717) is 0 Å². The molecule has 1 aromatic rings. The number of hydrogen-bond acceptors (Lipinski definition) is 2. The summed E-state index contributed by atoms with van der Waals surface area (Å²) in [4.78, 5) is 2.75. The number of hydrogen-bond donors (Lipinski definition) is 1. The minimum absolute atomic E-state index is 0.753. The molecule has 98 valence electrons. The van der Waals surface area contributed by atoms with Crippen LogP contribution in [-0.2, 0) is 0 Å². The highest BCUT2D eigenvalue weighted by atomic mass is 15.2. The van der Waals surface area contributed by atoms with Crippen molar-refractivity contribution in [3.05, 3.63) is 29.8 Å². The van der Waals surface area contributed by atoms with Crippen LogP contribution in [0, 0.1) is 0 Å². The van der Waals surface area contributed by atoms with E-state index < -0.39 is 0 Å². The van der Waals surface area contributed by atoms with Crippen LogP contribution in [0.3, 0.4) is 0 Å². The Labute approximate surface area is 110 Å². The third-order valence-electron chi connectivity index (χ3n) is 4.89. The number of nitrogens with zero attached hydrogens (tertiary/aromatic N) is 1. The van der Waals surface area contributed by atoms with E-state index in [1.165, 1.54) is 44.2 Å². The van der Waals surface area contributed by atoms with E-state index in [2.05, 4.69) is 24.0 Å². The van der Waals surface area contributed by atoms with E-state index in [1.807, 2.05) is 12.1 Å². The Kier molecular flexibility index (Phi) is 3.29. The summed E-state index contributed by atoms with van der Waals surface area (Å²) in [5.74, 6) is 0.753. The normalized spacial score (nSPS) is 33.1. The van der Waals surface area contributed by atoms with Crippen molar-refractivity contribution in [2.45, 2.75) is 57.0 Å². The van der Waals surface area contributed by atoms with E-state index in [9.17, 15) is 0 Å². The minimum Gasteiger partial charge on any atom is -0.399 e. The van der Waals surface area contributed by atoms with Gasteiger partial charge in [-0.25, -0.2) is 0 Å². The van der Waals surface area contributed by atoms with Crippen molar-refractivity contribution in [3.63, 3.8) is 0 Å². The zero-order valence-corrected chi connectivity index (χ0v) is 11.3. The first-order chi connectivity index (χ1) is 8.74. The van der Waals surface area contributed by atoms with Gasteiger partial charge in [-0.3, -0.25) is 4.90 Å². The maximum absolute atomic E-state index is 5.76. The number of nitrogen functional groups attached to an aromatic ring is 1. The summed E-state index contributed by atoms with van der Waals surface area (Å²) >= 11 is 0. The SMILES string of the molecule is CC1CCCN1C1CCC(c2ccc(N)cc2)C1. The van der Waals surface area contributed by atoms with Crippen molar-refractivity contribution >= 4 is 5.69 Å². The quantitative estimate of drug-likeness (QED) is 0.808. The number of rotatable bonds is 2. The van der Waals surface area contributed by atoms with Crippen molar-refractivity contribution in [1.29, 1.82) is 0 Å². The number of nitrogens with two attached hydrogens (primary N) is 1. The van der Waals surface area contributed by atoms with Crippen LogP contribution in [0.4, 0.5) is 5.69 Å². The number of benzene rings is 1. The predicted molar refractivity (Wildman–Crippen MR) is 76.6 cm³/mol. The molecule has 2 fully saturated rings. The molecule has 1 aliphatic carbocycles. The van der Waals surface area contributed by atoms with Gasteiger partial charge in [0.1, 0.15) is 0 Å². The first-order valence-corrected chi connectivity index (χ1v) is 7.35. The molecule has 1 heterocycles. The smallest absolute Gasteiger partial charge is 0.0314 e. The Balaban J connectivity index is 1.66. The summed E-state index contributed by atoms with van der Waals surface area (Å²) < 4.78 is 0. The highest BCUT2D eigenvalue weighted by molar-refractivity contribution is 5.40. The average Bonchev–Trinajstić information content (AvgIpc) is 2.98. The molecule has 1 aliphatic heterocycles. The lowest BCUT2D eigenvalue weighted by atomic mass is 9.97. The summed E-state index contributed by atoms with van der Waals surface area (Å²) in [6.45, 7) is 3.71. The first-order valence-electron chi connectivity index (χ1n) is 7.35. The van der Waals surface area contributed by atoms with E-state index in [1.54, 1.807) is 0 Å². The zero-order valence-electron chi connectivity index (χ0n) is 11.3. The van der Waals surface area contributed by atoms with Crippen molar-refractivity contribution in [2.75, 3.05) is 12.3 Å². The molecule has 1 saturated carbocycles. The maximum Gasteiger partial charge on any atom is 0.0314 e. The van der Waals surface area contributed by atoms with Gasteiger partial charge in [-0.2, -0.15) is 0 Å². The van der Waals surface area contributed by atoms with Gasteiger partial charge < -0.3 is 5.73 Å². The van der Waals surface area contributed by atoms with Crippen LogP contribution in [0.5, 0.6) is 0 Å². The zero-order chi connectivity index (χ0) is 12.5. The van der Waals surface area contributed by atoms with E-state index in [4.69, 9.17) is 5.73 Å². The van der Waals surface area contributed by atoms with Gasteiger partial charge in [-0.15, -0.1) is 0 Å². The maximum atomic E-state index is 5.76. The Hall–Kier alpha value is -1.02. The van der Waals surface area contributed by atoms with Crippen molar-refractivity contribution in [1.82, 2.24) is 4.90 Å². The molecule has 3 rings (SSSR count). The van der Waals surface area contributed by atoms with Crippen LogP contribution in [0.25, 0.3) is 0 Å². The second-order valence-corrected chi connectivity index (χ2v) is 6.06. The van der Waals surface area contributed by atoms with E-state index in [-0.39, 0.29) is 0 Å². The molecule has 0 amide bonds. The molecule has 18 heavy (non-hydrogen) atoms. The van der Waals surface area contributed by atoms with Crippen LogP contribution in [-0.4, -0.2) is 23.5 Å². The van der Waals surface area contributed by atoms with Crippen molar-refractivity contribution < 1.29 is 0 Å². The average molecular weight is 244 g/mol. The molecule has 2 nitrogen and oxygen atoms in total. The van der Waals surface area contributed by atoms with Gasteiger partial charge in [0.2, 0.25) is 0 Å². The van der Waals surface area contributed by atoms with E-state index in [0.717, 1.165) is 23.7 Å². The fraction of sp³-hybridized carbons (Fsp3) is 0.625. The fourth-order valence-electron chi connectivity index (χ4n) is 3.83. The van der Waals surface area contributed by atoms with Crippen molar-refractivity contribution in [2.24, 2.45) is 0 Å². The topological polar surface area (TPSA) is 29.3 Å².